The zero-order chi connectivity index (χ0) is 20.4. The van der Waals surface area contributed by atoms with Gasteiger partial charge in [-0.25, -0.2) is 9.18 Å². The molecule has 0 aromatic heterocycles. The Morgan fingerprint density at radius 1 is 1.26 bits per heavy atom. The highest BCUT2D eigenvalue weighted by Crippen LogP contribution is 2.33. The highest BCUT2D eigenvalue weighted by Gasteiger charge is 2.28. The Morgan fingerprint density at radius 3 is 2.52 bits per heavy atom. The maximum atomic E-state index is 14.3. The number of carbonyl (C=O) groups is 4. The van der Waals surface area contributed by atoms with E-state index in [-0.39, 0.29) is 17.0 Å². The van der Waals surface area contributed by atoms with Gasteiger partial charge in [-0.05, 0) is 12.1 Å². The molecule has 0 bridgehead atoms. The van der Waals surface area contributed by atoms with E-state index in [0.29, 0.717) is 4.90 Å². The van der Waals surface area contributed by atoms with Crippen LogP contribution in [0.5, 0.6) is 0 Å². The average Bonchev–Trinajstić information content (AvgIpc) is 2.69. The number of rotatable bonds is 2. The first-order chi connectivity index (χ1) is 12.5. The SMILES string of the molecule is CC(C)(C)C(=O)NNC(=O)c1cc2c(cc1F)SC[C@H](NC(=O)O)C(=O)N2. The summed E-state index contributed by atoms with van der Waals surface area (Å²) >= 11 is 1.07. The van der Waals surface area contributed by atoms with Crippen molar-refractivity contribution in [3.63, 3.8) is 0 Å². The van der Waals surface area contributed by atoms with Gasteiger partial charge in [0.05, 0.1) is 11.3 Å². The predicted molar refractivity (Wildman–Crippen MR) is 95.8 cm³/mol. The first-order valence-corrected chi connectivity index (χ1v) is 8.85. The number of amides is 4. The van der Waals surface area contributed by atoms with Crippen molar-refractivity contribution in [3.05, 3.63) is 23.5 Å². The van der Waals surface area contributed by atoms with E-state index in [9.17, 15) is 23.6 Å². The Balaban J connectivity index is 2.18. The fourth-order valence-corrected chi connectivity index (χ4v) is 3.07. The number of benzene rings is 1. The largest absolute Gasteiger partial charge is 0.465 e. The van der Waals surface area contributed by atoms with Crippen LogP contribution in [0.1, 0.15) is 31.1 Å². The molecule has 1 aromatic rings. The number of anilines is 1. The fraction of sp³-hybridized carbons (Fsp3) is 0.375. The van der Waals surface area contributed by atoms with Gasteiger partial charge >= 0.3 is 6.09 Å². The lowest BCUT2D eigenvalue weighted by molar-refractivity contribution is -0.129. The van der Waals surface area contributed by atoms with Crippen LogP contribution in [0.2, 0.25) is 0 Å². The van der Waals surface area contributed by atoms with Crippen molar-refractivity contribution in [2.75, 3.05) is 11.1 Å². The van der Waals surface area contributed by atoms with Crippen molar-refractivity contribution >= 4 is 41.3 Å². The number of thioether (sulfide) groups is 1. The first-order valence-electron chi connectivity index (χ1n) is 7.86. The van der Waals surface area contributed by atoms with Gasteiger partial charge < -0.3 is 15.7 Å². The molecule has 0 fully saturated rings. The van der Waals surface area contributed by atoms with E-state index < -0.39 is 41.1 Å². The summed E-state index contributed by atoms with van der Waals surface area (Å²) in [5.74, 6) is -2.75. The lowest BCUT2D eigenvalue weighted by Gasteiger charge is -2.18. The molecule has 1 aliphatic heterocycles. The Bertz CT molecular complexity index is 809. The van der Waals surface area contributed by atoms with Gasteiger partial charge in [-0.3, -0.25) is 25.2 Å². The summed E-state index contributed by atoms with van der Waals surface area (Å²) in [5, 5.41) is 13.3. The van der Waals surface area contributed by atoms with Crippen LogP contribution in [0, 0.1) is 11.2 Å². The smallest absolute Gasteiger partial charge is 0.405 e. The molecule has 1 aliphatic rings. The van der Waals surface area contributed by atoms with Crippen molar-refractivity contribution in [1.29, 1.82) is 0 Å². The number of nitrogens with one attached hydrogen (secondary N) is 4. The van der Waals surface area contributed by atoms with Crippen LogP contribution < -0.4 is 21.5 Å². The van der Waals surface area contributed by atoms with Crippen molar-refractivity contribution < 1.29 is 28.7 Å². The third-order valence-corrected chi connectivity index (χ3v) is 4.71. The minimum absolute atomic E-state index is 0.0672. The molecule has 0 aliphatic carbocycles. The first kappa shape index (κ1) is 20.5. The van der Waals surface area contributed by atoms with Crippen LogP contribution in [0.25, 0.3) is 0 Å². The second-order valence-corrected chi connectivity index (χ2v) is 7.85. The molecule has 1 atom stereocenters. The fourth-order valence-electron chi connectivity index (χ4n) is 2.04. The number of fused-ring (bicyclic) bond motifs is 1. The molecule has 0 radical (unpaired) electrons. The molecule has 5 N–H and O–H groups in total. The van der Waals surface area contributed by atoms with Crippen molar-refractivity contribution in [3.8, 4) is 0 Å². The molecule has 1 aromatic carbocycles. The van der Waals surface area contributed by atoms with Gasteiger partial charge in [-0.1, -0.05) is 20.8 Å². The second-order valence-electron chi connectivity index (χ2n) is 6.79. The molecule has 1 heterocycles. The van der Waals surface area contributed by atoms with E-state index in [2.05, 4.69) is 21.5 Å². The highest BCUT2D eigenvalue weighted by molar-refractivity contribution is 7.99. The minimum Gasteiger partial charge on any atom is -0.465 e. The molecule has 4 amide bonds. The Kier molecular flexibility index (Phi) is 5.94. The Hall–Kier alpha value is -2.82. The summed E-state index contributed by atoms with van der Waals surface area (Å²) in [6.45, 7) is 4.93. The van der Waals surface area contributed by atoms with Crippen molar-refractivity contribution in [2.45, 2.75) is 31.7 Å². The number of hydrogen-bond donors (Lipinski definition) is 5. The van der Waals surface area contributed by atoms with Gasteiger partial charge in [0.1, 0.15) is 11.9 Å². The molecular weight excluding hydrogens is 379 g/mol. The maximum absolute atomic E-state index is 14.3. The second kappa shape index (κ2) is 7.82. The van der Waals surface area contributed by atoms with Gasteiger partial charge in [-0.2, -0.15) is 0 Å². The maximum Gasteiger partial charge on any atom is 0.405 e. The average molecular weight is 398 g/mol. The van der Waals surface area contributed by atoms with Crippen LogP contribution in [0.15, 0.2) is 17.0 Å². The predicted octanol–water partition coefficient (Wildman–Crippen LogP) is 1.31. The number of carboxylic acid groups (broad SMARTS) is 1. The number of carbonyl (C=O) groups excluding carboxylic acids is 3. The summed E-state index contributed by atoms with van der Waals surface area (Å²) in [4.78, 5) is 47.2. The number of hydrogen-bond acceptors (Lipinski definition) is 5. The highest BCUT2D eigenvalue weighted by atomic mass is 32.2. The zero-order valence-corrected chi connectivity index (χ0v) is 15.6. The van der Waals surface area contributed by atoms with Crippen LogP contribution in [0.4, 0.5) is 14.9 Å². The molecule has 0 saturated heterocycles. The molecule has 0 unspecified atom stereocenters. The lowest BCUT2D eigenvalue weighted by Crippen LogP contribution is -2.46. The quantitative estimate of drug-likeness (QED) is 0.477. The topological polar surface area (TPSA) is 137 Å². The Morgan fingerprint density at radius 2 is 1.93 bits per heavy atom. The van der Waals surface area contributed by atoms with Crippen molar-refractivity contribution in [1.82, 2.24) is 16.2 Å². The third-order valence-electron chi connectivity index (χ3n) is 3.56. The van der Waals surface area contributed by atoms with Crippen LogP contribution in [0.3, 0.4) is 0 Å². The van der Waals surface area contributed by atoms with Crippen LogP contribution >= 0.6 is 11.8 Å². The van der Waals surface area contributed by atoms with Gasteiger partial charge in [0.2, 0.25) is 11.8 Å². The molecule has 9 nitrogen and oxygen atoms in total. The Labute approximate surface area is 158 Å². The van der Waals surface area contributed by atoms with E-state index in [1.165, 1.54) is 0 Å². The summed E-state index contributed by atoms with van der Waals surface area (Å²) < 4.78 is 14.3. The van der Waals surface area contributed by atoms with E-state index in [1.807, 2.05) is 0 Å². The van der Waals surface area contributed by atoms with Gasteiger partial charge in [0, 0.05) is 16.1 Å². The summed E-state index contributed by atoms with van der Waals surface area (Å²) in [6.07, 6.45) is -1.36. The molecular formula is C16H19FN4O5S. The molecule has 11 heteroatoms. The minimum atomic E-state index is -1.36. The molecule has 27 heavy (non-hydrogen) atoms. The summed E-state index contributed by atoms with van der Waals surface area (Å²) in [6, 6.07) is 1.19. The van der Waals surface area contributed by atoms with Gasteiger partial charge in [-0.15, -0.1) is 11.8 Å². The summed E-state index contributed by atoms with van der Waals surface area (Å²) in [7, 11) is 0. The van der Waals surface area contributed by atoms with E-state index >= 15 is 0 Å². The number of hydrazine groups is 1. The standard InChI is InChI=1S/C16H19FN4O5S/c1-16(2,3)14(24)21-20-12(22)7-4-9-11(5-8(7)17)27-6-10(13(23)18-9)19-15(25)26/h4-5,10,19H,6H2,1-3H3,(H,18,23)(H,20,22)(H,21,24)(H,25,26)/t10-/m0/s1. The van der Waals surface area contributed by atoms with E-state index in [0.717, 1.165) is 23.9 Å². The van der Waals surface area contributed by atoms with Crippen LogP contribution in [-0.4, -0.2) is 40.7 Å². The van der Waals surface area contributed by atoms with Crippen LogP contribution in [-0.2, 0) is 9.59 Å². The number of halogens is 1. The molecule has 2 rings (SSSR count). The molecule has 0 spiro atoms. The van der Waals surface area contributed by atoms with Gasteiger partial charge in [0.15, 0.2) is 0 Å². The third kappa shape index (κ3) is 5.09. The molecule has 146 valence electrons. The normalized spacial score (nSPS) is 16.4. The van der Waals surface area contributed by atoms with E-state index in [1.54, 1.807) is 20.8 Å². The molecule has 0 saturated carbocycles. The lowest BCUT2D eigenvalue weighted by atomic mass is 9.96. The van der Waals surface area contributed by atoms with Gasteiger partial charge in [0.25, 0.3) is 5.91 Å². The zero-order valence-electron chi connectivity index (χ0n) is 14.8. The monoisotopic (exact) mass is 398 g/mol. The van der Waals surface area contributed by atoms with E-state index in [4.69, 9.17) is 5.11 Å². The van der Waals surface area contributed by atoms with Crippen molar-refractivity contribution in [2.24, 2.45) is 5.41 Å². The summed E-state index contributed by atoms with van der Waals surface area (Å²) in [5.41, 5.74) is 3.37.